The smallest absolute Gasteiger partial charge is 0.337 e. The molecular weight excluding hydrogens is 298 g/mol. The number of hydrogen-bond acceptors (Lipinski definition) is 4. The summed E-state index contributed by atoms with van der Waals surface area (Å²) in [4.78, 5) is 25.6. The zero-order valence-electron chi connectivity index (χ0n) is 12.3. The lowest BCUT2D eigenvalue weighted by Crippen LogP contribution is -2.13. The van der Waals surface area contributed by atoms with Crippen molar-refractivity contribution in [3.8, 4) is 10.4 Å². The average molecular weight is 315 g/mol. The third-order valence-electron chi connectivity index (χ3n) is 3.91. The maximum absolute atomic E-state index is 12.2. The van der Waals surface area contributed by atoms with Crippen molar-refractivity contribution in [2.75, 3.05) is 7.05 Å². The number of carbonyl (C=O) groups excluding carboxylic acids is 1. The summed E-state index contributed by atoms with van der Waals surface area (Å²) in [6, 6.07) is 7.76. The molecule has 4 nitrogen and oxygen atoms in total. The second-order valence-corrected chi connectivity index (χ2v) is 6.48. The topological polar surface area (TPSA) is 66.4 Å². The molecule has 1 aliphatic rings. The molecule has 1 aromatic carbocycles. The minimum absolute atomic E-state index is 0.0350. The van der Waals surface area contributed by atoms with E-state index >= 15 is 0 Å². The van der Waals surface area contributed by atoms with E-state index in [2.05, 4.69) is 5.32 Å². The van der Waals surface area contributed by atoms with Gasteiger partial charge in [0.15, 0.2) is 5.78 Å². The molecule has 114 valence electrons. The van der Waals surface area contributed by atoms with Crippen molar-refractivity contribution in [2.24, 2.45) is 0 Å². The second kappa shape index (κ2) is 6.02. The fraction of sp³-hybridized carbons (Fsp3) is 0.294. The normalized spacial score (nSPS) is 14.0. The maximum Gasteiger partial charge on any atom is 0.337 e. The van der Waals surface area contributed by atoms with Gasteiger partial charge in [-0.3, -0.25) is 4.79 Å². The Morgan fingerprint density at radius 3 is 2.82 bits per heavy atom. The lowest BCUT2D eigenvalue weighted by Gasteiger charge is -2.10. The van der Waals surface area contributed by atoms with E-state index in [4.69, 9.17) is 0 Å². The minimum Gasteiger partial charge on any atom is -0.478 e. The van der Waals surface area contributed by atoms with Crippen LogP contribution in [-0.2, 0) is 13.0 Å². The fourth-order valence-electron chi connectivity index (χ4n) is 2.96. The predicted octanol–water partition coefficient (Wildman–Crippen LogP) is 3.35. The van der Waals surface area contributed by atoms with E-state index < -0.39 is 5.97 Å². The molecule has 0 saturated carbocycles. The summed E-state index contributed by atoms with van der Waals surface area (Å²) in [6.07, 6.45) is 2.05. The van der Waals surface area contributed by atoms with Crippen molar-refractivity contribution in [3.05, 3.63) is 45.8 Å². The Balaban J connectivity index is 2.24. The number of carboxylic acid groups (broad SMARTS) is 1. The summed E-state index contributed by atoms with van der Waals surface area (Å²) >= 11 is 1.46. The van der Waals surface area contributed by atoms with Gasteiger partial charge in [-0.2, -0.15) is 0 Å². The van der Waals surface area contributed by atoms with Gasteiger partial charge in [0.25, 0.3) is 0 Å². The summed E-state index contributed by atoms with van der Waals surface area (Å²) in [5.41, 5.74) is 2.58. The van der Waals surface area contributed by atoms with Gasteiger partial charge in [0, 0.05) is 23.4 Å². The summed E-state index contributed by atoms with van der Waals surface area (Å²) in [7, 11) is 1.86. The lowest BCUT2D eigenvalue weighted by atomic mass is 9.92. The fourth-order valence-corrected chi connectivity index (χ4v) is 4.38. The molecule has 0 fully saturated rings. The first-order valence-electron chi connectivity index (χ1n) is 7.28. The van der Waals surface area contributed by atoms with Crippen LogP contribution in [0.3, 0.4) is 0 Å². The number of aryl methyl sites for hydroxylation is 1. The molecule has 0 bridgehead atoms. The van der Waals surface area contributed by atoms with Crippen molar-refractivity contribution in [1.29, 1.82) is 0 Å². The van der Waals surface area contributed by atoms with Crippen LogP contribution in [0.1, 0.15) is 44.0 Å². The third-order valence-corrected chi connectivity index (χ3v) is 5.19. The number of carbonyl (C=O) groups is 2. The Morgan fingerprint density at radius 1 is 1.32 bits per heavy atom. The van der Waals surface area contributed by atoms with E-state index in [1.54, 1.807) is 0 Å². The van der Waals surface area contributed by atoms with Crippen LogP contribution in [0.4, 0.5) is 0 Å². The molecule has 2 N–H and O–H groups in total. The van der Waals surface area contributed by atoms with Gasteiger partial charge in [0.05, 0.1) is 10.4 Å². The quantitative estimate of drug-likeness (QED) is 0.908. The van der Waals surface area contributed by atoms with Gasteiger partial charge < -0.3 is 10.4 Å². The molecule has 0 radical (unpaired) electrons. The molecule has 2 aromatic rings. The standard InChI is InChI=1S/C17H17NO3S/c1-18-9-10-5-2-3-6-11(10)16-15(17(20)21)14-12(19)7-4-8-13(14)22-16/h2-3,5-6,18H,4,7-9H2,1H3,(H,20,21). The molecule has 0 aliphatic heterocycles. The number of benzene rings is 1. The highest BCUT2D eigenvalue weighted by molar-refractivity contribution is 7.16. The average Bonchev–Trinajstić information content (AvgIpc) is 2.89. The van der Waals surface area contributed by atoms with E-state index in [-0.39, 0.29) is 11.3 Å². The summed E-state index contributed by atoms with van der Waals surface area (Å²) in [6.45, 7) is 0.658. The number of ketones is 1. The summed E-state index contributed by atoms with van der Waals surface area (Å²) in [5.74, 6) is -1.05. The Bertz CT molecular complexity index is 748. The molecule has 0 unspecified atom stereocenters. The van der Waals surface area contributed by atoms with Gasteiger partial charge in [0.2, 0.25) is 0 Å². The highest BCUT2D eigenvalue weighted by Crippen LogP contribution is 2.41. The maximum atomic E-state index is 12.2. The van der Waals surface area contributed by atoms with Crippen LogP contribution in [-0.4, -0.2) is 23.9 Å². The Morgan fingerprint density at radius 2 is 2.09 bits per heavy atom. The zero-order chi connectivity index (χ0) is 15.7. The largest absolute Gasteiger partial charge is 0.478 e. The number of nitrogens with one attached hydrogen (secondary N) is 1. The van der Waals surface area contributed by atoms with Gasteiger partial charge in [-0.25, -0.2) is 4.79 Å². The zero-order valence-corrected chi connectivity index (χ0v) is 13.1. The van der Waals surface area contributed by atoms with Gasteiger partial charge in [-0.1, -0.05) is 24.3 Å². The van der Waals surface area contributed by atoms with E-state index in [1.807, 2.05) is 31.3 Å². The number of carboxylic acids is 1. The lowest BCUT2D eigenvalue weighted by molar-refractivity contribution is 0.0692. The van der Waals surface area contributed by atoms with Gasteiger partial charge in [-0.15, -0.1) is 11.3 Å². The van der Waals surface area contributed by atoms with Crippen molar-refractivity contribution in [2.45, 2.75) is 25.8 Å². The van der Waals surface area contributed by atoms with Crippen LogP contribution < -0.4 is 5.32 Å². The van der Waals surface area contributed by atoms with Crippen molar-refractivity contribution >= 4 is 23.1 Å². The van der Waals surface area contributed by atoms with E-state index in [0.29, 0.717) is 23.4 Å². The highest BCUT2D eigenvalue weighted by atomic mass is 32.1. The van der Waals surface area contributed by atoms with Crippen LogP contribution in [0.5, 0.6) is 0 Å². The number of rotatable bonds is 4. The van der Waals surface area contributed by atoms with Crippen LogP contribution >= 0.6 is 11.3 Å². The molecule has 1 heterocycles. The number of fused-ring (bicyclic) bond motifs is 1. The predicted molar refractivity (Wildman–Crippen MR) is 86.7 cm³/mol. The molecule has 5 heteroatoms. The molecule has 0 spiro atoms. The number of thiophene rings is 1. The second-order valence-electron chi connectivity index (χ2n) is 5.37. The SMILES string of the molecule is CNCc1ccccc1-c1sc2c(c1C(=O)O)C(=O)CCC2. The summed E-state index contributed by atoms with van der Waals surface area (Å²) in [5, 5.41) is 12.8. The number of Topliss-reactive ketones (excluding diaryl/α,β-unsaturated/α-hetero) is 1. The minimum atomic E-state index is -1.01. The Kier molecular flexibility index (Phi) is 4.09. The van der Waals surface area contributed by atoms with E-state index in [9.17, 15) is 14.7 Å². The van der Waals surface area contributed by atoms with Gasteiger partial charge in [0.1, 0.15) is 0 Å². The van der Waals surface area contributed by atoms with Gasteiger partial charge >= 0.3 is 5.97 Å². The first-order valence-corrected chi connectivity index (χ1v) is 8.10. The van der Waals surface area contributed by atoms with Crippen LogP contribution in [0.2, 0.25) is 0 Å². The highest BCUT2D eigenvalue weighted by Gasteiger charge is 2.31. The molecule has 0 saturated heterocycles. The first-order chi connectivity index (χ1) is 10.6. The molecule has 1 aliphatic carbocycles. The van der Waals surface area contributed by atoms with Crippen molar-refractivity contribution in [1.82, 2.24) is 5.32 Å². The Labute approximate surface area is 132 Å². The van der Waals surface area contributed by atoms with Crippen molar-refractivity contribution < 1.29 is 14.7 Å². The first kappa shape index (κ1) is 14.9. The molecular formula is C17H17NO3S. The van der Waals surface area contributed by atoms with Gasteiger partial charge in [-0.05, 0) is 31.0 Å². The van der Waals surface area contributed by atoms with Crippen LogP contribution in [0.15, 0.2) is 24.3 Å². The molecule has 22 heavy (non-hydrogen) atoms. The summed E-state index contributed by atoms with van der Waals surface area (Å²) < 4.78 is 0. The van der Waals surface area contributed by atoms with Crippen LogP contribution in [0.25, 0.3) is 10.4 Å². The monoisotopic (exact) mass is 315 g/mol. The molecule has 0 atom stereocenters. The molecule has 3 rings (SSSR count). The van der Waals surface area contributed by atoms with Crippen LogP contribution in [0, 0.1) is 0 Å². The van der Waals surface area contributed by atoms with E-state index in [0.717, 1.165) is 28.8 Å². The molecule has 0 amide bonds. The number of hydrogen-bond donors (Lipinski definition) is 2. The molecule has 1 aromatic heterocycles. The number of aromatic carboxylic acids is 1. The van der Waals surface area contributed by atoms with Crippen molar-refractivity contribution in [3.63, 3.8) is 0 Å². The Hall–Kier alpha value is -1.98. The third kappa shape index (κ3) is 2.46. The van der Waals surface area contributed by atoms with E-state index in [1.165, 1.54) is 11.3 Å².